The van der Waals surface area contributed by atoms with Crippen LogP contribution in [0, 0.1) is 0 Å². The van der Waals surface area contributed by atoms with E-state index in [4.69, 9.17) is 10.5 Å². The second kappa shape index (κ2) is 5.81. The highest BCUT2D eigenvalue weighted by Gasteiger charge is 2.09. The number of rotatable bonds is 4. The van der Waals surface area contributed by atoms with Gasteiger partial charge in [-0.3, -0.25) is 0 Å². The molecule has 6 heteroatoms. The first-order valence-electron chi connectivity index (χ1n) is 5.57. The Bertz CT molecular complexity index is 570. The van der Waals surface area contributed by atoms with Crippen molar-refractivity contribution < 1.29 is 14.3 Å². The van der Waals surface area contributed by atoms with Crippen LogP contribution in [0.2, 0.25) is 0 Å². The highest BCUT2D eigenvalue weighted by molar-refractivity contribution is 5.84. The molecule has 0 saturated heterocycles. The summed E-state index contributed by atoms with van der Waals surface area (Å²) in [6, 6.07) is 8.87. The van der Waals surface area contributed by atoms with E-state index in [9.17, 15) is 4.79 Å². The normalized spacial score (nSPS) is 9.95. The van der Waals surface area contributed by atoms with Crippen LogP contribution in [0.4, 0.5) is 5.69 Å². The fourth-order valence-corrected chi connectivity index (χ4v) is 1.38. The van der Waals surface area contributed by atoms with Crippen molar-refractivity contribution in [3.63, 3.8) is 0 Å². The molecule has 2 aromatic rings. The number of carbonyl (C=O) groups is 1. The number of nitrogens with two attached hydrogens (primary N) is 1. The van der Waals surface area contributed by atoms with Gasteiger partial charge in [-0.05, 0) is 17.7 Å². The van der Waals surface area contributed by atoms with Crippen molar-refractivity contribution in [2.24, 2.45) is 0 Å². The fraction of sp³-hybridized carbons (Fsp3) is 0.154. The molecule has 2 rings (SSSR count). The Labute approximate surface area is 110 Å². The highest BCUT2D eigenvalue weighted by Crippen LogP contribution is 2.11. The SMILES string of the molecule is COC(=O)c1nccc(OCc2ccc(N)cc2)n1. The van der Waals surface area contributed by atoms with Crippen molar-refractivity contribution in [2.75, 3.05) is 12.8 Å². The van der Waals surface area contributed by atoms with Gasteiger partial charge in [-0.1, -0.05) is 12.1 Å². The van der Waals surface area contributed by atoms with Gasteiger partial charge in [0.15, 0.2) is 0 Å². The minimum atomic E-state index is -0.599. The third-order valence-corrected chi connectivity index (χ3v) is 2.36. The molecular weight excluding hydrogens is 246 g/mol. The second-order valence-electron chi connectivity index (χ2n) is 3.74. The van der Waals surface area contributed by atoms with Crippen molar-refractivity contribution in [1.82, 2.24) is 9.97 Å². The maximum Gasteiger partial charge on any atom is 0.376 e. The molecule has 0 radical (unpaired) electrons. The van der Waals surface area contributed by atoms with E-state index in [0.29, 0.717) is 18.2 Å². The number of hydrogen-bond acceptors (Lipinski definition) is 6. The zero-order valence-electron chi connectivity index (χ0n) is 10.4. The zero-order chi connectivity index (χ0) is 13.7. The molecule has 0 unspecified atom stereocenters. The smallest absolute Gasteiger partial charge is 0.376 e. The monoisotopic (exact) mass is 259 g/mol. The minimum absolute atomic E-state index is 0.0303. The molecule has 2 N–H and O–H groups in total. The van der Waals surface area contributed by atoms with E-state index in [2.05, 4.69) is 14.7 Å². The third kappa shape index (κ3) is 3.41. The average Bonchev–Trinajstić information content (AvgIpc) is 2.46. The number of esters is 1. The van der Waals surface area contributed by atoms with Crippen molar-refractivity contribution in [3.05, 3.63) is 47.9 Å². The van der Waals surface area contributed by atoms with E-state index in [1.165, 1.54) is 13.3 Å². The average molecular weight is 259 g/mol. The summed E-state index contributed by atoms with van der Waals surface area (Å²) in [5.41, 5.74) is 7.23. The summed E-state index contributed by atoms with van der Waals surface area (Å²) in [6.07, 6.45) is 1.44. The molecular formula is C13H13N3O3. The number of hydrogen-bond donors (Lipinski definition) is 1. The Morgan fingerprint density at radius 1 is 1.26 bits per heavy atom. The first-order valence-corrected chi connectivity index (χ1v) is 5.57. The lowest BCUT2D eigenvalue weighted by molar-refractivity contribution is 0.0585. The van der Waals surface area contributed by atoms with Crippen LogP contribution in [0.25, 0.3) is 0 Å². The number of nitrogens with zero attached hydrogens (tertiary/aromatic N) is 2. The summed E-state index contributed by atoms with van der Waals surface area (Å²) in [7, 11) is 1.27. The Balaban J connectivity index is 2.03. The first kappa shape index (κ1) is 12.8. The molecule has 1 aromatic heterocycles. The highest BCUT2D eigenvalue weighted by atomic mass is 16.5. The molecule has 0 bridgehead atoms. The predicted molar refractivity (Wildman–Crippen MR) is 68.6 cm³/mol. The zero-order valence-corrected chi connectivity index (χ0v) is 10.4. The maximum atomic E-state index is 11.3. The van der Waals surface area contributed by atoms with Gasteiger partial charge in [0.05, 0.1) is 7.11 Å². The predicted octanol–water partition coefficient (Wildman–Crippen LogP) is 1.42. The van der Waals surface area contributed by atoms with E-state index in [-0.39, 0.29) is 5.82 Å². The van der Waals surface area contributed by atoms with Crippen molar-refractivity contribution in [3.8, 4) is 5.88 Å². The Morgan fingerprint density at radius 2 is 2.00 bits per heavy atom. The van der Waals surface area contributed by atoms with E-state index in [0.717, 1.165) is 5.56 Å². The number of carbonyl (C=O) groups excluding carboxylic acids is 1. The van der Waals surface area contributed by atoms with Gasteiger partial charge < -0.3 is 15.2 Å². The summed E-state index contributed by atoms with van der Waals surface area (Å²) in [5, 5.41) is 0. The molecule has 0 saturated carbocycles. The van der Waals surface area contributed by atoms with E-state index >= 15 is 0 Å². The maximum absolute atomic E-state index is 11.3. The molecule has 0 aliphatic rings. The first-order chi connectivity index (χ1) is 9.19. The van der Waals surface area contributed by atoms with Gasteiger partial charge in [-0.25, -0.2) is 9.78 Å². The van der Waals surface area contributed by atoms with Gasteiger partial charge in [0.2, 0.25) is 11.7 Å². The number of methoxy groups -OCH3 is 1. The lowest BCUT2D eigenvalue weighted by Crippen LogP contribution is -2.08. The molecule has 0 spiro atoms. The third-order valence-electron chi connectivity index (χ3n) is 2.36. The topological polar surface area (TPSA) is 87.3 Å². The molecule has 6 nitrogen and oxygen atoms in total. The lowest BCUT2D eigenvalue weighted by atomic mass is 10.2. The number of anilines is 1. The van der Waals surface area contributed by atoms with Gasteiger partial charge in [0, 0.05) is 18.0 Å². The minimum Gasteiger partial charge on any atom is -0.473 e. The second-order valence-corrected chi connectivity index (χ2v) is 3.74. The van der Waals surface area contributed by atoms with Crippen LogP contribution < -0.4 is 10.5 Å². The molecule has 1 heterocycles. The summed E-state index contributed by atoms with van der Waals surface area (Å²) >= 11 is 0. The van der Waals surface area contributed by atoms with E-state index in [1.807, 2.05) is 12.1 Å². The van der Waals surface area contributed by atoms with Gasteiger partial charge in [-0.2, -0.15) is 4.98 Å². The number of nitrogen functional groups attached to an aromatic ring is 1. The van der Waals surface area contributed by atoms with Crippen molar-refractivity contribution in [2.45, 2.75) is 6.61 Å². The standard InChI is InChI=1S/C13H13N3O3/c1-18-13(17)12-15-7-6-11(16-12)19-8-9-2-4-10(14)5-3-9/h2-7H,8,14H2,1H3. The van der Waals surface area contributed by atoms with E-state index in [1.54, 1.807) is 18.2 Å². The molecule has 98 valence electrons. The number of aromatic nitrogens is 2. The Kier molecular flexibility index (Phi) is 3.92. The van der Waals surface area contributed by atoms with Crippen molar-refractivity contribution >= 4 is 11.7 Å². The van der Waals surface area contributed by atoms with Crippen LogP contribution in [0.1, 0.15) is 16.2 Å². The quantitative estimate of drug-likeness (QED) is 0.660. The van der Waals surface area contributed by atoms with Gasteiger partial charge in [-0.15, -0.1) is 0 Å². The van der Waals surface area contributed by atoms with E-state index < -0.39 is 5.97 Å². The summed E-state index contributed by atoms with van der Waals surface area (Å²) < 4.78 is 10.0. The molecule has 1 aromatic carbocycles. The van der Waals surface area contributed by atoms with Crippen molar-refractivity contribution in [1.29, 1.82) is 0 Å². The number of ether oxygens (including phenoxy) is 2. The van der Waals surface area contributed by atoms with Crippen LogP contribution in [-0.2, 0) is 11.3 Å². The molecule has 19 heavy (non-hydrogen) atoms. The lowest BCUT2D eigenvalue weighted by Gasteiger charge is -2.06. The summed E-state index contributed by atoms with van der Waals surface area (Å²) in [5.74, 6) is -0.317. The number of benzene rings is 1. The van der Waals surface area contributed by atoms with Crippen LogP contribution in [0.5, 0.6) is 5.88 Å². The molecule has 0 fully saturated rings. The Morgan fingerprint density at radius 3 is 2.68 bits per heavy atom. The molecule has 0 atom stereocenters. The van der Waals surface area contributed by atoms with Crippen LogP contribution in [0.15, 0.2) is 36.5 Å². The molecule has 0 aliphatic carbocycles. The molecule has 0 amide bonds. The van der Waals surface area contributed by atoms with Gasteiger partial charge in [0.25, 0.3) is 0 Å². The van der Waals surface area contributed by atoms with Gasteiger partial charge >= 0.3 is 5.97 Å². The van der Waals surface area contributed by atoms with Gasteiger partial charge in [0.1, 0.15) is 6.61 Å². The molecule has 0 aliphatic heterocycles. The van der Waals surface area contributed by atoms with Crippen LogP contribution in [-0.4, -0.2) is 23.0 Å². The Hall–Kier alpha value is -2.63. The van der Waals surface area contributed by atoms with Crippen LogP contribution in [0.3, 0.4) is 0 Å². The summed E-state index contributed by atoms with van der Waals surface area (Å²) in [6.45, 7) is 0.331. The fourth-order valence-electron chi connectivity index (χ4n) is 1.38. The summed E-state index contributed by atoms with van der Waals surface area (Å²) in [4.78, 5) is 19.0. The van der Waals surface area contributed by atoms with Crippen LogP contribution >= 0.6 is 0 Å². The largest absolute Gasteiger partial charge is 0.473 e.